The van der Waals surface area contributed by atoms with E-state index in [1.54, 1.807) is 24.3 Å². The number of aryl methyl sites for hydroxylation is 1. The van der Waals surface area contributed by atoms with E-state index in [0.29, 0.717) is 48.5 Å². The molecule has 10 heteroatoms. The van der Waals surface area contributed by atoms with Crippen LogP contribution in [0.5, 0.6) is 11.6 Å². The molecule has 0 spiro atoms. The smallest absolute Gasteiger partial charge is 0.251 e. The molecule has 0 fully saturated rings. The fourth-order valence-corrected chi connectivity index (χ4v) is 3.43. The lowest BCUT2D eigenvalue weighted by Gasteiger charge is -2.12. The molecular weight excluding hydrogens is 427 g/mol. The first-order chi connectivity index (χ1) is 16.1. The second-order valence-electron chi connectivity index (χ2n) is 7.15. The van der Waals surface area contributed by atoms with Crippen molar-refractivity contribution in [2.75, 3.05) is 20.3 Å². The topological polar surface area (TPSA) is 115 Å². The molecule has 170 valence electrons. The molecule has 4 aromatic rings. The van der Waals surface area contributed by atoms with Crippen molar-refractivity contribution >= 4 is 16.8 Å². The second kappa shape index (κ2) is 10.0. The Morgan fingerprint density at radius 1 is 1.24 bits per heavy atom. The van der Waals surface area contributed by atoms with Gasteiger partial charge < -0.3 is 19.8 Å². The third kappa shape index (κ3) is 4.89. The molecule has 0 bridgehead atoms. The van der Waals surface area contributed by atoms with Crippen molar-refractivity contribution < 1.29 is 18.7 Å². The van der Waals surface area contributed by atoms with E-state index in [1.165, 1.54) is 25.7 Å². The Morgan fingerprint density at radius 2 is 2.12 bits per heavy atom. The van der Waals surface area contributed by atoms with Crippen LogP contribution in [0, 0.1) is 5.82 Å². The summed E-state index contributed by atoms with van der Waals surface area (Å²) in [4.78, 5) is 24.1. The van der Waals surface area contributed by atoms with Gasteiger partial charge in [0.25, 0.3) is 11.8 Å². The van der Waals surface area contributed by atoms with E-state index in [9.17, 15) is 9.18 Å². The first kappa shape index (κ1) is 22.1. The lowest BCUT2D eigenvalue weighted by molar-refractivity contribution is 0.0953. The normalized spacial score (nSPS) is 10.9. The molecule has 0 aliphatic rings. The Morgan fingerprint density at radius 3 is 2.88 bits per heavy atom. The first-order valence-electron chi connectivity index (χ1n) is 10.5. The number of nitrogens with one attached hydrogen (secondary N) is 2. The molecule has 3 aromatic heterocycles. The fraction of sp³-hybridized carbons (Fsp3) is 0.261. The first-order valence-corrected chi connectivity index (χ1v) is 10.5. The Bertz CT molecular complexity index is 1260. The van der Waals surface area contributed by atoms with Gasteiger partial charge in [0, 0.05) is 41.7 Å². The number of H-pyrrole nitrogens is 1. The number of aromatic nitrogens is 5. The van der Waals surface area contributed by atoms with E-state index < -0.39 is 5.82 Å². The molecule has 33 heavy (non-hydrogen) atoms. The molecule has 3 heterocycles. The van der Waals surface area contributed by atoms with Gasteiger partial charge in [0.15, 0.2) is 5.82 Å². The zero-order valence-corrected chi connectivity index (χ0v) is 18.3. The van der Waals surface area contributed by atoms with Crippen LogP contribution in [-0.2, 0) is 6.42 Å². The summed E-state index contributed by atoms with van der Waals surface area (Å²) in [6, 6.07) is 8.36. The average Bonchev–Trinajstić information content (AvgIpc) is 3.35. The van der Waals surface area contributed by atoms with E-state index in [0.717, 1.165) is 11.2 Å². The number of pyridine rings is 2. The number of methoxy groups -OCH3 is 1. The van der Waals surface area contributed by atoms with Gasteiger partial charge in [-0.2, -0.15) is 0 Å². The largest absolute Gasteiger partial charge is 0.493 e. The average molecular weight is 450 g/mol. The molecule has 1 aromatic carbocycles. The van der Waals surface area contributed by atoms with Crippen molar-refractivity contribution in [3.05, 3.63) is 60.1 Å². The number of carbonyl (C=O) groups excluding carboxylic acids is 1. The summed E-state index contributed by atoms with van der Waals surface area (Å²) >= 11 is 0. The van der Waals surface area contributed by atoms with Gasteiger partial charge in [-0.25, -0.2) is 14.4 Å². The van der Waals surface area contributed by atoms with Crippen LogP contribution in [-0.4, -0.2) is 51.3 Å². The van der Waals surface area contributed by atoms with E-state index in [4.69, 9.17) is 9.47 Å². The van der Waals surface area contributed by atoms with E-state index in [2.05, 4.69) is 30.5 Å². The summed E-state index contributed by atoms with van der Waals surface area (Å²) in [7, 11) is 1.35. The van der Waals surface area contributed by atoms with Crippen LogP contribution in [0.15, 0.2) is 42.9 Å². The second-order valence-corrected chi connectivity index (χ2v) is 7.15. The Balaban J connectivity index is 1.61. The third-order valence-corrected chi connectivity index (χ3v) is 5.00. The number of benzene rings is 1. The number of aromatic amines is 1. The molecule has 1 amide bonds. The number of amides is 1. The predicted octanol–water partition coefficient (Wildman–Crippen LogP) is 3.32. The zero-order valence-electron chi connectivity index (χ0n) is 18.3. The van der Waals surface area contributed by atoms with Crippen LogP contribution in [0.4, 0.5) is 4.39 Å². The highest BCUT2D eigenvalue weighted by molar-refractivity contribution is 5.99. The number of fused-ring (bicyclic) bond motifs is 1. The summed E-state index contributed by atoms with van der Waals surface area (Å²) in [5, 5.41) is 11.3. The molecule has 0 atom stereocenters. The van der Waals surface area contributed by atoms with Crippen LogP contribution < -0.4 is 14.8 Å². The van der Waals surface area contributed by atoms with Crippen molar-refractivity contribution in [1.29, 1.82) is 0 Å². The van der Waals surface area contributed by atoms with Gasteiger partial charge in [-0.1, -0.05) is 0 Å². The highest BCUT2D eigenvalue weighted by Gasteiger charge is 2.17. The van der Waals surface area contributed by atoms with Crippen LogP contribution in [0.25, 0.3) is 22.2 Å². The number of nitrogens with zero attached hydrogens (tertiary/aromatic N) is 4. The highest BCUT2D eigenvalue weighted by atomic mass is 19.1. The monoisotopic (exact) mass is 450 g/mol. The summed E-state index contributed by atoms with van der Waals surface area (Å²) in [5.41, 5.74) is 1.54. The van der Waals surface area contributed by atoms with Gasteiger partial charge in [-0.05, 0) is 37.6 Å². The van der Waals surface area contributed by atoms with Crippen LogP contribution in [0.1, 0.15) is 29.5 Å². The van der Waals surface area contributed by atoms with Crippen molar-refractivity contribution in [2.24, 2.45) is 0 Å². The highest BCUT2D eigenvalue weighted by Crippen LogP contribution is 2.33. The van der Waals surface area contributed by atoms with Crippen molar-refractivity contribution in [2.45, 2.75) is 19.8 Å². The van der Waals surface area contributed by atoms with Gasteiger partial charge in [0.05, 0.1) is 24.9 Å². The van der Waals surface area contributed by atoms with E-state index in [-0.39, 0.29) is 17.4 Å². The Labute approximate surface area is 189 Å². The Kier molecular flexibility index (Phi) is 6.72. The summed E-state index contributed by atoms with van der Waals surface area (Å²) in [6.07, 6.45) is 4.37. The minimum Gasteiger partial charge on any atom is -0.493 e. The van der Waals surface area contributed by atoms with Gasteiger partial charge in [0.2, 0.25) is 0 Å². The van der Waals surface area contributed by atoms with Crippen molar-refractivity contribution in [1.82, 2.24) is 30.5 Å². The maximum Gasteiger partial charge on any atom is 0.251 e. The minimum atomic E-state index is -0.616. The zero-order chi connectivity index (χ0) is 23.2. The number of hydrogen-bond acceptors (Lipinski definition) is 7. The van der Waals surface area contributed by atoms with E-state index in [1.807, 2.05) is 6.92 Å². The number of carbonyl (C=O) groups is 1. The summed E-state index contributed by atoms with van der Waals surface area (Å²) < 4.78 is 25.6. The van der Waals surface area contributed by atoms with Crippen molar-refractivity contribution in [3.63, 3.8) is 0 Å². The van der Waals surface area contributed by atoms with Crippen LogP contribution in [0.2, 0.25) is 0 Å². The maximum atomic E-state index is 14.8. The SMILES string of the molecule is CCOc1cc(-c2ccnc(OC)c2F)nc2cc(C(=O)NCCCc3nnc[nH]3)ccc12. The molecule has 0 saturated carbocycles. The van der Waals surface area contributed by atoms with Gasteiger partial charge in [-0.15, -0.1) is 10.2 Å². The minimum absolute atomic E-state index is 0.120. The summed E-state index contributed by atoms with van der Waals surface area (Å²) in [5.74, 6) is 0.360. The molecule has 9 nitrogen and oxygen atoms in total. The number of ether oxygens (including phenoxy) is 2. The molecule has 0 radical (unpaired) electrons. The van der Waals surface area contributed by atoms with Crippen LogP contribution in [0.3, 0.4) is 0 Å². The summed E-state index contributed by atoms with van der Waals surface area (Å²) in [6.45, 7) is 2.77. The van der Waals surface area contributed by atoms with Gasteiger partial charge >= 0.3 is 0 Å². The maximum absolute atomic E-state index is 14.8. The van der Waals surface area contributed by atoms with Crippen LogP contribution >= 0.6 is 0 Å². The number of hydrogen-bond donors (Lipinski definition) is 2. The fourth-order valence-electron chi connectivity index (χ4n) is 3.43. The molecule has 4 rings (SSSR count). The number of rotatable bonds is 9. The lowest BCUT2D eigenvalue weighted by Crippen LogP contribution is -2.24. The Hall–Kier alpha value is -4.08. The molecule has 0 saturated heterocycles. The predicted molar refractivity (Wildman–Crippen MR) is 120 cm³/mol. The lowest BCUT2D eigenvalue weighted by atomic mass is 10.1. The molecule has 2 N–H and O–H groups in total. The third-order valence-electron chi connectivity index (χ3n) is 5.00. The molecular formula is C23H23FN6O3. The van der Waals surface area contributed by atoms with E-state index >= 15 is 0 Å². The number of halogens is 1. The molecule has 0 aliphatic carbocycles. The van der Waals surface area contributed by atoms with Gasteiger partial charge in [-0.3, -0.25) is 4.79 Å². The molecule has 0 aliphatic heterocycles. The standard InChI is InChI=1S/C23H23FN6O3/c1-3-33-19-12-18(16-8-10-26-23(32-2)21(16)24)29-17-11-14(6-7-15(17)19)22(31)25-9-4-5-20-27-13-28-30-20/h6-8,10-13H,3-5,9H2,1-2H3,(H,25,31)(H,27,28,30). The van der Waals surface area contributed by atoms with Crippen molar-refractivity contribution in [3.8, 4) is 22.9 Å². The van der Waals surface area contributed by atoms with Gasteiger partial charge in [0.1, 0.15) is 17.9 Å². The molecule has 0 unspecified atom stereocenters. The quantitative estimate of drug-likeness (QED) is 0.376.